The molecule has 2 aromatic rings. The lowest BCUT2D eigenvalue weighted by Crippen LogP contribution is -2.33. The number of hydrogen-bond acceptors (Lipinski definition) is 3. The second-order valence-corrected chi connectivity index (χ2v) is 15.2. The first kappa shape index (κ1) is 28.5. The first-order chi connectivity index (χ1) is 15.3. The zero-order valence-corrected chi connectivity index (χ0v) is 25.0. The van der Waals surface area contributed by atoms with Crippen LogP contribution >= 0.6 is 7.80 Å². The van der Waals surface area contributed by atoms with E-state index in [0.717, 1.165) is 44.4 Å². The SMILES string of the molecule is COc1ccc([PH](=O)c2ccc(OC)c(C(C)(C)C)c2C(C)(C)C)c(C(C)(C)C)c1C(C)(C)C. The van der Waals surface area contributed by atoms with Crippen LogP contribution in [-0.2, 0) is 26.2 Å². The van der Waals surface area contributed by atoms with Gasteiger partial charge < -0.3 is 14.0 Å². The standard InChI is InChI=1S/C30H47O3P/c1-27(2,3)23-19(32-13)15-17-21(25(23)29(7,8)9)34(31)22-18-16-20(33-14)24(28(4,5)6)26(22)30(10,11)12/h15-18,34H,1-14H3. The van der Waals surface area contributed by atoms with Crippen LogP contribution < -0.4 is 20.1 Å². The molecule has 0 saturated heterocycles. The van der Waals surface area contributed by atoms with Gasteiger partial charge in [0.1, 0.15) is 19.3 Å². The average Bonchev–Trinajstić information content (AvgIpc) is 2.68. The number of benzene rings is 2. The summed E-state index contributed by atoms with van der Waals surface area (Å²) in [6.07, 6.45) is 0. The number of methoxy groups -OCH3 is 2. The molecule has 0 bridgehead atoms. The smallest absolute Gasteiger partial charge is 0.132 e. The lowest BCUT2D eigenvalue weighted by molar-refractivity contribution is 0.392. The fourth-order valence-corrected chi connectivity index (χ4v) is 7.29. The van der Waals surface area contributed by atoms with Crippen molar-refractivity contribution in [3.63, 3.8) is 0 Å². The van der Waals surface area contributed by atoms with Crippen molar-refractivity contribution in [1.29, 1.82) is 0 Å². The van der Waals surface area contributed by atoms with Gasteiger partial charge >= 0.3 is 0 Å². The molecule has 0 heterocycles. The van der Waals surface area contributed by atoms with Crippen LogP contribution in [0.3, 0.4) is 0 Å². The van der Waals surface area contributed by atoms with Gasteiger partial charge in [0.2, 0.25) is 0 Å². The van der Waals surface area contributed by atoms with Gasteiger partial charge in [-0.2, -0.15) is 0 Å². The molecule has 2 aromatic carbocycles. The van der Waals surface area contributed by atoms with E-state index in [1.54, 1.807) is 14.2 Å². The molecule has 0 radical (unpaired) electrons. The summed E-state index contributed by atoms with van der Waals surface area (Å²) in [4.78, 5) is 0. The summed E-state index contributed by atoms with van der Waals surface area (Å²) >= 11 is 0. The third kappa shape index (κ3) is 5.56. The Labute approximate surface area is 209 Å². The molecule has 0 amide bonds. The van der Waals surface area contributed by atoms with Crippen molar-refractivity contribution in [3.05, 3.63) is 46.5 Å². The van der Waals surface area contributed by atoms with E-state index >= 15 is 0 Å². The van der Waals surface area contributed by atoms with Crippen LogP contribution in [0.25, 0.3) is 0 Å². The van der Waals surface area contributed by atoms with Gasteiger partial charge in [-0.25, -0.2) is 0 Å². The Morgan fingerprint density at radius 3 is 0.971 bits per heavy atom. The minimum absolute atomic E-state index is 0.157. The molecule has 0 fully saturated rings. The van der Waals surface area contributed by atoms with Crippen molar-refractivity contribution in [2.75, 3.05) is 14.2 Å². The number of ether oxygens (including phenoxy) is 2. The Morgan fingerprint density at radius 2 is 0.765 bits per heavy atom. The van der Waals surface area contributed by atoms with Crippen LogP contribution in [0.5, 0.6) is 11.5 Å². The molecule has 3 nitrogen and oxygen atoms in total. The van der Waals surface area contributed by atoms with E-state index < -0.39 is 7.80 Å². The van der Waals surface area contributed by atoms with E-state index in [2.05, 4.69) is 83.1 Å². The molecule has 0 atom stereocenters. The topological polar surface area (TPSA) is 35.5 Å². The maximum Gasteiger partial charge on any atom is 0.132 e. The fraction of sp³-hybridized carbons (Fsp3) is 0.600. The van der Waals surface area contributed by atoms with E-state index in [9.17, 15) is 4.57 Å². The van der Waals surface area contributed by atoms with Crippen molar-refractivity contribution in [2.24, 2.45) is 0 Å². The van der Waals surface area contributed by atoms with E-state index in [1.165, 1.54) is 0 Å². The van der Waals surface area contributed by atoms with Crippen LogP contribution in [-0.4, -0.2) is 14.2 Å². The van der Waals surface area contributed by atoms with E-state index in [0.29, 0.717) is 0 Å². The molecule has 0 aliphatic rings. The van der Waals surface area contributed by atoms with Crippen LogP contribution in [0, 0.1) is 0 Å². The predicted molar refractivity (Wildman–Crippen MR) is 149 cm³/mol. The molecular weight excluding hydrogens is 439 g/mol. The molecule has 2 rings (SSSR count). The van der Waals surface area contributed by atoms with Gasteiger partial charge in [0.25, 0.3) is 0 Å². The molecular formula is C30H47O3P. The van der Waals surface area contributed by atoms with Crippen LogP contribution in [0.15, 0.2) is 24.3 Å². The van der Waals surface area contributed by atoms with Gasteiger partial charge in [0, 0.05) is 21.7 Å². The molecule has 0 aromatic heterocycles. The van der Waals surface area contributed by atoms with Crippen molar-refractivity contribution in [2.45, 2.75) is 105 Å². The monoisotopic (exact) mass is 486 g/mol. The third-order valence-electron chi connectivity index (χ3n) is 6.26. The van der Waals surface area contributed by atoms with Crippen LogP contribution in [0.4, 0.5) is 0 Å². The van der Waals surface area contributed by atoms with Gasteiger partial charge in [0.05, 0.1) is 14.2 Å². The normalized spacial score (nSPS) is 13.4. The molecule has 0 saturated carbocycles. The lowest BCUT2D eigenvalue weighted by Gasteiger charge is -2.36. The summed E-state index contributed by atoms with van der Waals surface area (Å²) in [5.41, 5.74) is 3.83. The van der Waals surface area contributed by atoms with Gasteiger partial charge in [-0.15, -0.1) is 0 Å². The molecule has 0 aliphatic heterocycles. The number of rotatable bonds is 4. The number of hydrogen-bond donors (Lipinski definition) is 0. The highest BCUT2D eigenvalue weighted by Crippen LogP contribution is 2.45. The van der Waals surface area contributed by atoms with Crippen molar-refractivity contribution < 1.29 is 14.0 Å². The zero-order chi connectivity index (χ0) is 26.4. The second kappa shape index (κ2) is 9.38. The summed E-state index contributed by atoms with van der Waals surface area (Å²) < 4.78 is 26.3. The Hall–Kier alpha value is -1.73. The molecule has 0 aliphatic carbocycles. The van der Waals surface area contributed by atoms with Crippen molar-refractivity contribution >= 4 is 18.4 Å². The Bertz CT molecular complexity index is 983. The van der Waals surface area contributed by atoms with E-state index in [4.69, 9.17) is 9.47 Å². The fourth-order valence-electron chi connectivity index (χ4n) is 5.08. The van der Waals surface area contributed by atoms with Gasteiger partial charge in [-0.05, 0) is 57.1 Å². The third-order valence-corrected chi connectivity index (χ3v) is 8.08. The Morgan fingerprint density at radius 1 is 0.500 bits per heavy atom. The highest BCUT2D eigenvalue weighted by Gasteiger charge is 2.36. The maximum atomic E-state index is 14.6. The van der Waals surface area contributed by atoms with Gasteiger partial charge in [-0.3, -0.25) is 0 Å². The molecule has 0 spiro atoms. The minimum atomic E-state index is -2.34. The maximum absolute atomic E-state index is 14.6. The quantitative estimate of drug-likeness (QED) is 0.422. The first-order valence-corrected chi connectivity index (χ1v) is 13.7. The molecule has 190 valence electrons. The van der Waals surface area contributed by atoms with Gasteiger partial charge in [-0.1, -0.05) is 83.1 Å². The Kier molecular flexibility index (Phi) is 7.86. The van der Waals surface area contributed by atoms with Crippen LogP contribution in [0.2, 0.25) is 0 Å². The Balaban J connectivity index is 3.05. The van der Waals surface area contributed by atoms with Crippen molar-refractivity contribution in [3.8, 4) is 11.5 Å². The second-order valence-electron chi connectivity index (χ2n) is 13.5. The average molecular weight is 487 g/mol. The highest BCUT2D eigenvalue weighted by molar-refractivity contribution is 7.61. The summed E-state index contributed by atoms with van der Waals surface area (Å²) in [5.74, 6) is 1.72. The predicted octanol–water partition coefficient (Wildman–Crippen LogP) is 7.40. The molecule has 0 unspecified atom stereocenters. The minimum Gasteiger partial charge on any atom is -0.496 e. The van der Waals surface area contributed by atoms with E-state index in [1.807, 2.05) is 24.3 Å². The zero-order valence-electron chi connectivity index (χ0n) is 24.0. The molecule has 0 N–H and O–H groups in total. The van der Waals surface area contributed by atoms with E-state index in [-0.39, 0.29) is 21.7 Å². The van der Waals surface area contributed by atoms with Crippen molar-refractivity contribution in [1.82, 2.24) is 0 Å². The van der Waals surface area contributed by atoms with Crippen LogP contribution in [0.1, 0.15) is 105 Å². The highest BCUT2D eigenvalue weighted by atomic mass is 31.1. The summed E-state index contributed by atoms with van der Waals surface area (Å²) in [7, 11) is 1.10. The summed E-state index contributed by atoms with van der Waals surface area (Å²) in [6, 6.07) is 8.06. The molecule has 34 heavy (non-hydrogen) atoms. The summed E-state index contributed by atoms with van der Waals surface area (Å²) in [6.45, 7) is 26.4. The largest absolute Gasteiger partial charge is 0.496 e. The first-order valence-electron chi connectivity index (χ1n) is 12.3. The lowest BCUT2D eigenvalue weighted by atomic mass is 9.74. The summed E-state index contributed by atoms with van der Waals surface area (Å²) in [5, 5.41) is 1.86. The van der Waals surface area contributed by atoms with Gasteiger partial charge in [0.15, 0.2) is 0 Å². The molecule has 4 heteroatoms.